The Labute approximate surface area is 214 Å². The van der Waals surface area contributed by atoms with Crippen LogP contribution in [0.3, 0.4) is 0 Å². The molecule has 3 aromatic rings. The molecule has 2 aromatic carbocycles. The lowest BCUT2D eigenvalue weighted by molar-refractivity contribution is 0.0440. The van der Waals surface area contributed by atoms with Crippen LogP contribution in [-0.4, -0.2) is 60.2 Å². The molecule has 3 aliphatic rings. The molecule has 1 aromatic heterocycles. The number of hydrogen-bond donors (Lipinski definition) is 0. The normalized spacial score (nSPS) is 25.6. The standard InChI is InChI=1S/C29H32F2N2O4/c30-10-12-32-20-3-4-21(32)16-25(15-20)37-28-8-5-22(17-27(28)31)33-11-9-19-14-23(6-7-26(19)29(33)34)36-18-24-2-1-13-35-24/h5-9,11,14,17,20-21,24-25H,1-4,10,12-13,15-16,18H2/t20-,21+,24-,25-/m1/s1. The van der Waals surface area contributed by atoms with Crippen LogP contribution in [0.15, 0.2) is 53.5 Å². The van der Waals surface area contributed by atoms with E-state index in [1.54, 1.807) is 30.5 Å². The number of rotatable bonds is 8. The van der Waals surface area contributed by atoms with Gasteiger partial charge in [0.05, 0.1) is 11.8 Å². The zero-order chi connectivity index (χ0) is 25.4. The van der Waals surface area contributed by atoms with Gasteiger partial charge in [-0.1, -0.05) is 0 Å². The minimum absolute atomic E-state index is 0.0891. The first kappa shape index (κ1) is 24.4. The van der Waals surface area contributed by atoms with Gasteiger partial charge in [0.2, 0.25) is 0 Å². The lowest BCUT2D eigenvalue weighted by Crippen LogP contribution is -2.47. The monoisotopic (exact) mass is 510 g/mol. The fraction of sp³-hybridized carbons (Fsp3) is 0.483. The molecule has 37 heavy (non-hydrogen) atoms. The average molecular weight is 511 g/mol. The minimum Gasteiger partial charge on any atom is -0.491 e. The second-order valence-corrected chi connectivity index (χ2v) is 10.3. The van der Waals surface area contributed by atoms with Crippen molar-refractivity contribution >= 4 is 10.8 Å². The van der Waals surface area contributed by atoms with Crippen LogP contribution in [0.4, 0.5) is 8.78 Å². The molecule has 3 fully saturated rings. The van der Waals surface area contributed by atoms with E-state index in [0.29, 0.717) is 42.1 Å². The highest BCUT2D eigenvalue weighted by Crippen LogP contribution is 2.37. The maximum absolute atomic E-state index is 15.1. The van der Waals surface area contributed by atoms with E-state index in [0.717, 1.165) is 50.5 Å². The third-order valence-corrected chi connectivity index (χ3v) is 8.01. The molecule has 6 nitrogen and oxygen atoms in total. The van der Waals surface area contributed by atoms with Crippen LogP contribution in [0.5, 0.6) is 11.5 Å². The maximum atomic E-state index is 15.1. The zero-order valence-electron chi connectivity index (χ0n) is 20.8. The molecule has 196 valence electrons. The molecule has 0 unspecified atom stereocenters. The Kier molecular flexibility index (Phi) is 6.86. The number of alkyl halides is 1. The van der Waals surface area contributed by atoms with E-state index in [2.05, 4.69) is 4.90 Å². The van der Waals surface area contributed by atoms with Crippen LogP contribution in [0.2, 0.25) is 0 Å². The van der Waals surface area contributed by atoms with Crippen LogP contribution in [0, 0.1) is 5.82 Å². The van der Waals surface area contributed by atoms with Gasteiger partial charge in [-0.3, -0.25) is 14.3 Å². The summed E-state index contributed by atoms with van der Waals surface area (Å²) in [5, 5.41) is 1.29. The molecular formula is C29H32F2N2O4. The number of benzene rings is 2. The fourth-order valence-electron chi connectivity index (χ4n) is 6.18. The van der Waals surface area contributed by atoms with Gasteiger partial charge in [0.25, 0.3) is 5.56 Å². The van der Waals surface area contributed by atoms with E-state index in [1.165, 1.54) is 10.6 Å². The summed E-state index contributed by atoms with van der Waals surface area (Å²) in [6.07, 6.45) is 7.38. The Bertz CT molecular complexity index is 1310. The largest absolute Gasteiger partial charge is 0.491 e. The predicted molar refractivity (Wildman–Crippen MR) is 137 cm³/mol. The van der Waals surface area contributed by atoms with E-state index < -0.39 is 5.82 Å². The van der Waals surface area contributed by atoms with Gasteiger partial charge >= 0.3 is 0 Å². The number of nitrogens with zero attached hydrogens (tertiary/aromatic N) is 2. The second-order valence-electron chi connectivity index (χ2n) is 10.3. The summed E-state index contributed by atoms with van der Waals surface area (Å²) < 4.78 is 46.9. The van der Waals surface area contributed by atoms with Crippen LogP contribution in [-0.2, 0) is 4.74 Å². The molecular weight excluding hydrogens is 478 g/mol. The number of fused-ring (bicyclic) bond motifs is 3. The van der Waals surface area contributed by atoms with Gasteiger partial charge in [0.1, 0.15) is 25.1 Å². The molecule has 0 saturated carbocycles. The van der Waals surface area contributed by atoms with Crippen molar-refractivity contribution in [2.24, 2.45) is 0 Å². The molecule has 4 atom stereocenters. The summed E-state index contributed by atoms with van der Waals surface area (Å²) >= 11 is 0. The van der Waals surface area contributed by atoms with Gasteiger partial charge < -0.3 is 14.2 Å². The number of pyridine rings is 1. The Morgan fingerprint density at radius 3 is 2.59 bits per heavy atom. The molecule has 4 heterocycles. The molecule has 0 amide bonds. The summed E-state index contributed by atoms with van der Waals surface area (Å²) in [4.78, 5) is 15.4. The van der Waals surface area contributed by atoms with Crippen LogP contribution in [0.1, 0.15) is 38.5 Å². The molecule has 2 bridgehead atoms. The number of halogens is 2. The topological polar surface area (TPSA) is 52.9 Å². The summed E-state index contributed by atoms with van der Waals surface area (Å²) in [5.41, 5.74) is 0.210. The van der Waals surface area contributed by atoms with Crippen molar-refractivity contribution in [3.8, 4) is 17.2 Å². The second kappa shape index (κ2) is 10.4. The fourth-order valence-corrected chi connectivity index (χ4v) is 6.18. The summed E-state index contributed by atoms with van der Waals surface area (Å²) in [5.74, 6) is 0.381. The van der Waals surface area contributed by atoms with Gasteiger partial charge in [-0.15, -0.1) is 0 Å². The minimum atomic E-state index is -0.499. The van der Waals surface area contributed by atoms with Crippen molar-refractivity contribution in [1.29, 1.82) is 0 Å². The molecule has 3 aliphatic heterocycles. The van der Waals surface area contributed by atoms with Crippen molar-refractivity contribution in [1.82, 2.24) is 9.47 Å². The Morgan fingerprint density at radius 1 is 1.03 bits per heavy atom. The molecule has 0 N–H and O–H groups in total. The van der Waals surface area contributed by atoms with E-state index in [-0.39, 0.29) is 30.2 Å². The third kappa shape index (κ3) is 4.97. The first-order valence-electron chi connectivity index (χ1n) is 13.3. The van der Waals surface area contributed by atoms with Gasteiger partial charge in [-0.05, 0) is 80.3 Å². The zero-order valence-corrected chi connectivity index (χ0v) is 20.8. The lowest BCUT2D eigenvalue weighted by atomic mass is 9.99. The van der Waals surface area contributed by atoms with E-state index >= 15 is 4.39 Å². The highest BCUT2D eigenvalue weighted by molar-refractivity contribution is 5.83. The Balaban J connectivity index is 1.16. The smallest absolute Gasteiger partial charge is 0.262 e. The van der Waals surface area contributed by atoms with Gasteiger partial charge in [-0.25, -0.2) is 8.78 Å². The highest BCUT2D eigenvalue weighted by atomic mass is 19.1. The van der Waals surface area contributed by atoms with Crippen molar-refractivity contribution in [2.45, 2.75) is 62.8 Å². The van der Waals surface area contributed by atoms with E-state index in [9.17, 15) is 9.18 Å². The Hall–Kier alpha value is -2.97. The van der Waals surface area contributed by atoms with Gasteiger partial charge in [-0.2, -0.15) is 0 Å². The third-order valence-electron chi connectivity index (χ3n) is 8.01. The quantitative estimate of drug-likeness (QED) is 0.426. The Morgan fingerprint density at radius 2 is 1.86 bits per heavy atom. The van der Waals surface area contributed by atoms with Crippen LogP contribution in [0.25, 0.3) is 16.5 Å². The molecule has 0 radical (unpaired) electrons. The lowest BCUT2D eigenvalue weighted by Gasteiger charge is -2.38. The summed E-state index contributed by atoms with van der Waals surface area (Å²) in [6.45, 7) is 1.40. The molecule has 6 rings (SSSR count). The number of aromatic nitrogens is 1. The molecule has 3 saturated heterocycles. The van der Waals surface area contributed by atoms with Crippen molar-refractivity contribution in [3.05, 3.63) is 64.8 Å². The first-order chi connectivity index (χ1) is 18.1. The molecule has 0 spiro atoms. The van der Waals surface area contributed by atoms with Crippen LogP contribution >= 0.6 is 0 Å². The summed E-state index contributed by atoms with van der Waals surface area (Å²) in [7, 11) is 0. The maximum Gasteiger partial charge on any atom is 0.262 e. The van der Waals surface area contributed by atoms with E-state index in [4.69, 9.17) is 14.2 Å². The van der Waals surface area contributed by atoms with Gasteiger partial charge in [0.15, 0.2) is 11.6 Å². The SMILES string of the molecule is O=c1c2ccc(OC[C@H]3CCCO3)cc2ccn1-c1ccc(O[C@@H]2C[C@H]3CC[C@@H](C2)N3CCF)c(F)c1. The first-order valence-corrected chi connectivity index (χ1v) is 13.3. The number of piperidine rings is 1. The van der Waals surface area contributed by atoms with Gasteiger partial charge in [0, 0.05) is 42.9 Å². The predicted octanol–water partition coefficient (Wildman–Crippen LogP) is 5.03. The van der Waals surface area contributed by atoms with E-state index in [1.807, 2.05) is 12.1 Å². The highest BCUT2D eigenvalue weighted by Gasteiger charge is 2.41. The van der Waals surface area contributed by atoms with Crippen molar-refractivity contribution < 1.29 is 23.0 Å². The number of ether oxygens (including phenoxy) is 3. The average Bonchev–Trinajstić information content (AvgIpc) is 3.50. The van der Waals surface area contributed by atoms with Crippen LogP contribution < -0.4 is 15.0 Å². The summed E-state index contributed by atoms with van der Waals surface area (Å²) in [6, 6.07) is 12.5. The molecule has 0 aliphatic carbocycles. The van der Waals surface area contributed by atoms with Crippen molar-refractivity contribution in [2.75, 3.05) is 26.4 Å². The van der Waals surface area contributed by atoms with Crippen molar-refractivity contribution in [3.63, 3.8) is 0 Å². The number of hydrogen-bond acceptors (Lipinski definition) is 5. The molecule has 8 heteroatoms.